The maximum atomic E-state index is 11.0. The quantitative estimate of drug-likeness (QED) is 0.598. The van der Waals surface area contributed by atoms with Crippen molar-refractivity contribution in [2.45, 2.75) is 26.4 Å². The Morgan fingerprint density at radius 3 is 2.50 bits per heavy atom. The van der Waals surface area contributed by atoms with Crippen LogP contribution in [-0.2, 0) is 4.79 Å². The third kappa shape index (κ3) is 2.78. The molecule has 0 amide bonds. The summed E-state index contributed by atoms with van der Waals surface area (Å²) in [4.78, 5) is 11.0. The fourth-order valence-corrected chi connectivity index (χ4v) is 0.597. The third-order valence-electron chi connectivity index (χ3n) is 1.58. The van der Waals surface area contributed by atoms with Crippen LogP contribution < -0.4 is 0 Å². The second kappa shape index (κ2) is 4.23. The largest absolute Gasteiger partial charge is 0.393 e. The zero-order chi connectivity index (χ0) is 8.15. The highest BCUT2D eigenvalue weighted by Gasteiger charge is 2.15. The van der Waals surface area contributed by atoms with Crippen LogP contribution in [0.1, 0.15) is 20.3 Å². The molecule has 10 heavy (non-hydrogen) atoms. The van der Waals surface area contributed by atoms with Gasteiger partial charge < -0.3 is 5.11 Å². The van der Waals surface area contributed by atoms with Crippen molar-refractivity contribution in [1.82, 2.24) is 0 Å². The van der Waals surface area contributed by atoms with E-state index in [1.54, 1.807) is 19.9 Å². The minimum Gasteiger partial charge on any atom is -0.393 e. The number of carbonyl (C=O) groups is 1. The van der Waals surface area contributed by atoms with E-state index in [0.29, 0.717) is 6.42 Å². The van der Waals surface area contributed by atoms with Crippen molar-refractivity contribution >= 4 is 5.78 Å². The van der Waals surface area contributed by atoms with E-state index in [9.17, 15) is 4.79 Å². The molecule has 0 spiro atoms. The van der Waals surface area contributed by atoms with Gasteiger partial charge in [0.25, 0.3) is 0 Å². The van der Waals surface area contributed by atoms with E-state index >= 15 is 0 Å². The lowest BCUT2D eigenvalue weighted by atomic mass is 9.99. The Hall–Kier alpha value is -0.630. The van der Waals surface area contributed by atoms with E-state index in [-0.39, 0.29) is 11.7 Å². The van der Waals surface area contributed by atoms with Crippen LogP contribution in [-0.4, -0.2) is 17.0 Å². The summed E-state index contributed by atoms with van der Waals surface area (Å²) in [7, 11) is 0. The lowest BCUT2D eigenvalue weighted by molar-refractivity contribution is -0.124. The summed E-state index contributed by atoms with van der Waals surface area (Å²) in [6.45, 7) is 6.78. The number of hydrogen-bond acceptors (Lipinski definition) is 2. The summed E-state index contributed by atoms with van der Waals surface area (Å²) in [5, 5.41) is 8.96. The molecule has 0 aromatic carbocycles. The molecule has 0 fully saturated rings. The van der Waals surface area contributed by atoms with Gasteiger partial charge in [-0.15, -0.1) is 6.58 Å². The molecule has 0 saturated heterocycles. The molecule has 1 N–H and O–H groups in total. The smallest absolute Gasteiger partial charge is 0.141 e. The Morgan fingerprint density at radius 2 is 2.20 bits per heavy atom. The number of rotatable bonds is 4. The molecule has 0 aliphatic rings. The number of aliphatic hydroxyl groups excluding tert-OH is 1. The molecule has 58 valence electrons. The van der Waals surface area contributed by atoms with Gasteiger partial charge in [0.15, 0.2) is 0 Å². The molecule has 0 saturated carbocycles. The zero-order valence-electron chi connectivity index (χ0n) is 6.50. The van der Waals surface area contributed by atoms with E-state index in [0.717, 1.165) is 0 Å². The van der Waals surface area contributed by atoms with Gasteiger partial charge in [0.05, 0.1) is 6.10 Å². The van der Waals surface area contributed by atoms with Crippen molar-refractivity contribution in [1.29, 1.82) is 0 Å². The van der Waals surface area contributed by atoms with Gasteiger partial charge in [-0.2, -0.15) is 0 Å². The van der Waals surface area contributed by atoms with Crippen LogP contribution in [0.25, 0.3) is 0 Å². The average molecular weight is 142 g/mol. The summed E-state index contributed by atoms with van der Waals surface area (Å²) in [5.74, 6) is -0.219. The Bertz CT molecular complexity index is 127. The van der Waals surface area contributed by atoms with Crippen LogP contribution in [0.3, 0.4) is 0 Å². The van der Waals surface area contributed by atoms with Gasteiger partial charge in [-0.05, 0) is 6.92 Å². The number of Topliss-reactive ketones (excluding diaryl/α,β-unsaturated/α-hetero) is 1. The molecular weight excluding hydrogens is 128 g/mol. The lowest BCUT2D eigenvalue weighted by Crippen LogP contribution is -2.21. The van der Waals surface area contributed by atoms with E-state index in [1.807, 2.05) is 0 Å². The van der Waals surface area contributed by atoms with Gasteiger partial charge >= 0.3 is 0 Å². The predicted molar refractivity (Wildman–Crippen MR) is 40.7 cm³/mol. The number of aliphatic hydroxyl groups is 1. The summed E-state index contributed by atoms with van der Waals surface area (Å²) >= 11 is 0. The van der Waals surface area contributed by atoms with Gasteiger partial charge in [0.1, 0.15) is 5.78 Å². The highest BCUT2D eigenvalue weighted by molar-refractivity contribution is 5.82. The summed E-state index contributed by atoms with van der Waals surface area (Å²) in [5.41, 5.74) is 0. The Kier molecular flexibility index (Phi) is 3.96. The fraction of sp³-hybridized carbons (Fsp3) is 0.625. The minimum atomic E-state index is -0.549. The Balaban J connectivity index is 3.81. The van der Waals surface area contributed by atoms with E-state index in [1.165, 1.54) is 0 Å². The third-order valence-corrected chi connectivity index (χ3v) is 1.58. The maximum Gasteiger partial charge on any atom is 0.141 e. The second-order valence-electron chi connectivity index (χ2n) is 2.49. The van der Waals surface area contributed by atoms with Crippen molar-refractivity contribution in [3.63, 3.8) is 0 Å². The summed E-state index contributed by atoms with van der Waals surface area (Å²) < 4.78 is 0. The first kappa shape index (κ1) is 9.37. The van der Waals surface area contributed by atoms with Crippen molar-refractivity contribution in [3.8, 4) is 0 Å². The fourth-order valence-electron chi connectivity index (χ4n) is 0.597. The first-order chi connectivity index (χ1) is 4.59. The molecule has 2 unspecified atom stereocenters. The molecule has 2 atom stereocenters. The normalized spacial score (nSPS) is 15.9. The molecule has 0 aromatic heterocycles. The second-order valence-corrected chi connectivity index (χ2v) is 2.49. The van der Waals surface area contributed by atoms with Gasteiger partial charge in [0.2, 0.25) is 0 Å². The number of carbonyl (C=O) groups excluding carboxylic acids is 1. The molecule has 0 heterocycles. The molecular formula is C8H14O2. The molecule has 0 aliphatic heterocycles. The van der Waals surface area contributed by atoms with Crippen molar-refractivity contribution in [2.24, 2.45) is 5.92 Å². The standard InChI is InChI=1S/C8H14O2/c1-4-5-8(10)6(2)7(3)9/h4,6-7,9H,1,5H2,2-3H3. The number of hydrogen-bond donors (Lipinski definition) is 1. The maximum absolute atomic E-state index is 11.0. The van der Waals surface area contributed by atoms with Crippen LogP contribution in [0.15, 0.2) is 12.7 Å². The molecule has 0 aliphatic carbocycles. The van der Waals surface area contributed by atoms with Crippen molar-refractivity contribution < 1.29 is 9.90 Å². The molecule has 0 aromatic rings. The molecule has 0 bridgehead atoms. The first-order valence-electron chi connectivity index (χ1n) is 3.41. The zero-order valence-corrected chi connectivity index (χ0v) is 6.50. The molecule has 2 nitrogen and oxygen atoms in total. The van der Waals surface area contributed by atoms with Gasteiger partial charge in [-0.3, -0.25) is 4.79 Å². The lowest BCUT2D eigenvalue weighted by Gasteiger charge is -2.10. The predicted octanol–water partition coefficient (Wildman–Crippen LogP) is 1.15. The van der Waals surface area contributed by atoms with Gasteiger partial charge in [-0.1, -0.05) is 13.0 Å². The van der Waals surface area contributed by atoms with Crippen LogP contribution in [0, 0.1) is 5.92 Å². The van der Waals surface area contributed by atoms with Crippen molar-refractivity contribution in [2.75, 3.05) is 0 Å². The first-order valence-corrected chi connectivity index (χ1v) is 3.41. The van der Waals surface area contributed by atoms with Crippen LogP contribution in [0.2, 0.25) is 0 Å². The molecule has 0 radical (unpaired) electrons. The molecule has 0 rings (SSSR count). The highest BCUT2D eigenvalue weighted by Crippen LogP contribution is 2.05. The van der Waals surface area contributed by atoms with E-state index in [4.69, 9.17) is 5.11 Å². The van der Waals surface area contributed by atoms with Crippen LogP contribution in [0.5, 0.6) is 0 Å². The van der Waals surface area contributed by atoms with Gasteiger partial charge in [-0.25, -0.2) is 0 Å². The number of allylic oxidation sites excluding steroid dienone is 1. The minimum absolute atomic E-state index is 0.0463. The van der Waals surface area contributed by atoms with Gasteiger partial charge in [0, 0.05) is 12.3 Å². The van der Waals surface area contributed by atoms with E-state index in [2.05, 4.69) is 6.58 Å². The summed E-state index contributed by atoms with van der Waals surface area (Å²) in [6.07, 6.45) is 1.36. The van der Waals surface area contributed by atoms with Crippen LogP contribution >= 0.6 is 0 Å². The van der Waals surface area contributed by atoms with Crippen molar-refractivity contribution in [3.05, 3.63) is 12.7 Å². The Labute approximate surface area is 61.6 Å². The topological polar surface area (TPSA) is 37.3 Å². The monoisotopic (exact) mass is 142 g/mol. The highest BCUT2D eigenvalue weighted by atomic mass is 16.3. The number of ketones is 1. The summed E-state index contributed by atoms with van der Waals surface area (Å²) in [6, 6.07) is 0. The molecule has 2 heteroatoms. The average Bonchev–Trinajstić information content (AvgIpc) is 1.87. The Morgan fingerprint density at radius 1 is 1.70 bits per heavy atom. The van der Waals surface area contributed by atoms with E-state index < -0.39 is 6.10 Å². The SMILES string of the molecule is C=CCC(=O)C(C)C(C)O. The van der Waals surface area contributed by atoms with Crippen LogP contribution in [0.4, 0.5) is 0 Å².